The molecule has 0 amide bonds. The van der Waals surface area contributed by atoms with E-state index in [0.29, 0.717) is 0 Å². The van der Waals surface area contributed by atoms with Gasteiger partial charge in [-0.3, -0.25) is 0 Å². The van der Waals surface area contributed by atoms with Gasteiger partial charge >= 0.3 is 25.7 Å². The molecule has 0 N–H and O–H groups in total. The zero-order chi connectivity index (χ0) is 39.1. The molecule has 7 aromatic rings. The molecule has 0 aliphatic heterocycles. The highest BCUT2D eigenvalue weighted by molar-refractivity contribution is 7.08. The van der Waals surface area contributed by atoms with Crippen LogP contribution < -0.4 is 36.3 Å². The lowest BCUT2D eigenvalue weighted by molar-refractivity contribution is 0.317. The number of benzene rings is 7. The summed E-state index contributed by atoms with van der Waals surface area (Å²) in [5.74, 6) is 0. The summed E-state index contributed by atoms with van der Waals surface area (Å²) >= 11 is 0. The normalized spacial score (nSPS) is 13.5. The Bertz CT molecular complexity index is 2150. The maximum absolute atomic E-state index is 8.12. The van der Waals surface area contributed by atoms with E-state index in [-0.39, 0.29) is 0 Å². The molecule has 0 aliphatic carbocycles. The third kappa shape index (κ3) is 8.42. The Morgan fingerprint density at radius 3 is 0.804 bits per heavy atom. The van der Waals surface area contributed by atoms with Gasteiger partial charge in [0.2, 0.25) is 16.6 Å². The maximum Gasteiger partial charge on any atom is 0.389 e. The molecule has 0 spiro atoms. The Kier molecular flexibility index (Phi) is 12.0. The van der Waals surface area contributed by atoms with Crippen molar-refractivity contribution in [1.29, 1.82) is 0 Å². The summed E-state index contributed by atoms with van der Waals surface area (Å²) in [5.41, 5.74) is 0. The summed E-state index contributed by atoms with van der Waals surface area (Å²) in [6.45, 7) is 11.2. The highest BCUT2D eigenvalue weighted by Gasteiger charge is 2.57. The summed E-state index contributed by atoms with van der Waals surface area (Å²) in [5, 5.41) is 7.83. The first-order valence-corrected chi connectivity index (χ1v) is 31.0. The van der Waals surface area contributed by atoms with Crippen LogP contribution in [-0.2, 0) is 16.5 Å². The largest absolute Gasteiger partial charge is 0.429 e. The molecule has 1 unspecified atom stereocenters. The van der Waals surface area contributed by atoms with Gasteiger partial charge in [-0.2, -0.15) is 0 Å². The first-order chi connectivity index (χ1) is 27.1. The average molecular weight is 819 g/mol. The molecule has 0 saturated carbocycles. The van der Waals surface area contributed by atoms with Crippen molar-refractivity contribution in [1.82, 2.24) is 0 Å². The van der Waals surface area contributed by atoms with Crippen LogP contribution in [0, 0.1) is 0 Å². The number of hydrogen-bond donors (Lipinski definition) is 0. The zero-order valence-electron chi connectivity index (χ0n) is 32.8. The first kappa shape index (κ1) is 39.7. The fraction of sp³-hybridized carbons (Fsp3) is 0.106. The fourth-order valence-electron chi connectivity index (χ4n) is 7.73. The summed E-state index contributed by atoms with van der Waals surface area (Å²) in [6, 6.07) is 74.4. The van der Waals surface area contributed by atoms with Gasteiger partial charge in [-0.25, -0.2) is 0 Å². The summed E-state index contributed by atoms with van der Waals surface area (Å²) in [6.07, 6.45) is 0. The second kappa shape index (κ2) is 16.9. The van der Waals surface area contributed by atoms with E-state index in [0.717, 1.165) is 15.6 Å². The molecule has 1 atom stereocenters. The van der Waals surface area contributed by atoms with Crippen molar-refractivity contribution in [3.63, 3.8) is 0 Å². The van der Waals surface area contributed by atoms with Crippen molar-refractivity contribution in [2.75, 3.05) is 0 Å². The van der Waals surface area contributed by atoms with Crippen LogP contribution in [0.15, 0.2) is 212 Å². The van der Waals surface area contributed by atoms with Gasteiger partial charge in [-0.05, 0) is 69.0 Å². The van der Waals surface area contributed by atoms with Crippen LogP contribution in [0.2, 0.25) is 32.7 Å². The second-order valence-electron chi connectivity index (χ2n) is 15.0. The molecule has 56 heavy (non-hydrogen) atoms. The lowest BCUT2D eigenvalue weighted by Gasteiger charge is -2.47. The number of rotatable bonds is 15. The van der Waals surface area contributed by atoms with E-state index < -0.39 is 42.3 Å². The van der Waals surface area contributed by atoms with E-state index in [9.17, 15) is 0 Å². The van der Waals surface area contributed by atoms with Crippen molar-refractivity contribution < 1.29 is 16.5 Å². The molecule has 0 aliphatic rings. The van der Waals surface area contributed by atoms with Gasteiger partial charge < -0.3 is 16.5 Å². The van der Waals surface area contributed by atoms with Crippen LogP contribution in [-0.4, -0.2) is 42.3 Å². The Balaban J connectivity index is 1.43. The van der Waals surface area contributed by atoms with E-state index in [2.05, 4.69) is 245 Å². The van der Waals surface area contributed by atoms with Crippen molar-refractivity contribution in [2.24, 2.45) is 0 Å². The van der Waals surface area contributed by atoms with Gasteiger partial charge in [0.25, 0.3) is 0 Å². The Hall–Kier alpha value is -4.54. The third-order valence-corrected chi connectivity index (χ3v) is 32.4. The molecule has 0 fully saturated rings. The van der Waals surface area contributed by atoms with E-state index in [1.165, 1.54) is 20.7 Å². The maximum atomic E-state index is 8.12. The van der Waals surface area contributed by atoms with Gasteiger partial charge in [0.05, 0.1) is 0 Å². The molecule has 4 nitrogen and oxygen atoms in total. The predicted octanol–water partition coefficient (Wildman–Crippen LogP) is 6.77. The molecule has 0 aromatic heterocycles. The quantitative estimate of drug-likeness (QED) is 0.107. The lowest BCUT2D eigenvalue weighted by atomic mass is 10.4. The molecular formula is C47H50O4Si5. The van der Waals surface area contributed by atoms with Gasteiger partial charge in [0.15, 0.2) is 0 Å². The van der Waals surface area contributed by atoms with Crippen LogP contribution in [0.3, 0.4) is 0 Å². The van der Waals surface area contributed by atoms with Crippen LogP contribution in [0.5, 0.6) is 0 Å². The molecule has 7 aromatic carbocycles. The van der Waals surface area contributed by atoms with Crippen LogP contribution >= 0.6 is 0 Å². The summed E-state index contributed by atoms with van der Waals surface area (Å²) in [4.78, 5) is 0. The molecule has 0 radical (unpaired) electrons. The standard InChI is InChI=1S/C47H50O4Si5/c1-52(2,48-53(3,41-27-13-6-14-28-41)42-29-15-7-16-30-42)49-56(46-37-23-11-24-38-46,47-39-25-12-26-40-47)51-55(5,45-35-21-10-22-36-45)50-54(4,43-31-17-8-18-32-43)44-33-19-9-20-34-44/h6-40H,1-5H3. The minimum atomic E-state index is -3.69. The Morgan fingerprint density at radius 2 is 0.500 bits per heavy atom. The molecular weight excluding hydrogens is 769 g/mol. The van der Waals surface area contributed by atoms with Gasteiger partial charge in [-0.1, -0.05) is 212 Å². The zero-order valence-corrected chi connectivity index (χ0v) is 37.8. The molecule has 0 heterocycles. The predicted molar refractivity (Wildman–Crippen MR) is 245 cm³/mol. The molecule has 7 rings (SSSR count). The molecule has 9 heteroatoms. The molecule has 0 saturated heterocycles. The SMILES string of the molecule is C[Si](C)(O[Si](C)(c1ccccc1)c1ccccc1)O[Si](O[Si](C)(O[Si](C)(c1ccccc1)c1ccccc1)c1ccccc1)(c1ccccc1)c1ccccc1. The molecule has 0 bridgehead atoms. The van der Waals surface area contributed by atoms with Gasteiger partial charge in [0, 0.05) is 0 Å². The van der Waals surface area contributed by atoms with Crippen molar-refractivity contribution >= 4 is 78.6 Å². The lowest BCUT2D eigenvalue weighted by Crippen LogP contribution is -2.77. The highest BCUT2D eigenvalue weighted by atomic mass is 28.5. The summed E-state index contributed by atoms with van der Waals surface area (Å²) < 4.78 is 31.6. The minimum Gasteiger partial charge on any atom is -0.429 e. The van der Waals surface area contributed by atoms with Crippen LogP contribution in [0.25, 0.3) is 0 Å². The number of hydrogen-bond acceptors (Lipinski definition) is 4. The monoisotopic (exact) mass is 818 g/mol. The van der Waals surface area contributed by atoms with Crippen LogP contribution in [0.4, 0.5) is 0 Å². The third-order valence-electron chi connectivity index (χ3n) is 10.5. The topological polar surface area (TPSA) is 36.9 Å². The summed E-state index contributed by atoms with van der Waals surface area (Å²) in [7, 11) is -16.0. The van der Waals surface area contributed by atoms with Crippen molar-refractivity contribution in [3.05, 3.63) is 212 Å². The Morgan fingerprint density at radius 1 is 0.250 bits per heavy atom. The minimum absolute atomic E-state index is 1.01. The Labute approximate surface area is 338 Å². The van der Waals surface area contributed by atoms with E-state index in [1.54, 1.807) is 0 Å². The van der Waals surface area contributed by atoms with Crippen molar-refractivity contribution in [2.45, 2.75) is 32.7 Å². The average Bonchev–Trinajstić information content (AvgIpc) is 3.25. The van der Waals surface area contributed by atoms with E-state index >= 15 is 0 Å². The van der Waals surface area contributed by atoms with E-state index in [4.69, 9.17) is 16.5 Å². The smallest absolute Gasteiger partial charge is 0.389 e. The van der Waals surface area contributed by atoms with E-state index in [1.807, 2.05) is 0 Å². The van der Waals surface area contributed by atoms with Gasteiger partial charge in [-0.15, -0.1) is 0 Å². The van der Waals surface area contributed by atoms with Crippen molar-refractivity contribution in [3.8, 4) is 0 Å². The van der Waals surface area contributed by atoms with Gasteiger partial charge in [0.1, 0.15) is 0 Å². The van der Waals surface area contributed by atoms with Crippen LogP contribution in [0.1, 0.15) is 0 Å². The second-order valence-corrected chi connectivity index (χ2v) is 32.4. The first-order valence-electron chi connectivity index (χ1n) is 19.3. The highest BCUT2D eigenvalue weighted by Crippen LogP contribution is 2.28. The molecule has 282 valence electrons. The fourth-order valence-corrected chi connectivity index (χ4v) is 32.5.